The molecule has 2 rings (SSSR count). The number of benzene rings is 1. The average Bonchev–Trinajstić information content (AvgIpc) is 2.84. The van der Waals surface area contributed by atoms with Gasteiger partial charge in [-0.05, 0) is 36.5 Å². The molecule has 3 nitrogen and oxygen atoms in total. The van der Waals surface area contributed by atoms with Gasteiger partial charge in [-0.25, -0.2) is 0 Å². The normalized spacial score (nSPS) is 21.9. The van der Waals surface area contributed by atoms with Gasteiger partial charge in [0.05, 0.1) is 11.1 Å². The Hall–Kier alpha value is -1.03. The fourth-order valence-electron chi connectivity index (χ4n) is 2.58. The lowest BCUT2D eigenvalue weighted by atomic mass is 10.1. The van der Waals surface area contributed by atoms with Crippen LogP contribution in [0.4, 0.5) is 0 Å². The molecule has 1 aliphatic carbocycles. The lowest BCUT2D eigenvalue weighted by molar-refractivity contribution is 0.131. The van der Waals surface area contributed by atoms with Gasteiger partial charge >= 0.3 is 0 Å². The molecule has 0 aromatic heterocycles. The summed E-state index contributed by atoms with van der Waals surface area (Å²) in [5.74, 6) is 1.07. The van der Waals surface area contributed by atoms with Gasteiger partial charge in [0.15, 0.2) is 0 Å². The van der Waals surface area contributed by atoms with Crippen LogP contribution in [0.15, 0.2) is 30.9 Å². The number of ether oxygens (including phenoxy) is 1. The zero-order valence-electron chi connectivity index (χ0n) is 11.6. The molecule has 0 radical (unpaired) electrons. The smallest absolute Gasteiger partial charge is 0.138 e. The molecule has 1 aromatic rings. The first-order valence-corrected chi connectivity index (χ1v) is 7.49. The molecule has 4 heteroatoms. The predicted molar refractivity (Wildman–Crippen MR) is 82.2 cm³/mol. The molecule has 0 aliphatic heterocycles. The standard InChI is InChI=1S/C16H22ClNO2/c1-2-8-20-16-7-6-12(9-14(16)17)10-18-11-13-4-3-5-15(13)19/h2,6-7,9,13,15,18-19H,1,3-5,8,10-11H2. The minimum atomic E-state index is -0.138. The number of aliphatic hydroxyl groups excluding tert-OH is 1. The van der Waals surface area contributed by atoms with Crippen molar-refractivity contribution in [2.24, 2.45) is 5.92 Å². The molecule has 1 aromatic carbocycles. The Balaban J connectivity index is 1.81. The summed E-state index contributed by atoms with van der Waals surface area (Å²) in [7, 11) is 0. The molecule has 0 bridgehead atoms. The van der Waals surface area contributed by atoms with Gasteiger partial charge in [-0.2, -0.15) is 0 Å². The second-order valence-corrected chi connectivity index (χ2v) is 5.66. The third-order valence-electron chi connectivity index (χ3n) is 3.71. The lowest BCUT2D eigenvalue weighted by Gasteiger charge is -2.15. The van der Waals surface area contributed by atoms with Crippen LogP contribution < -0.4 is 10.1 Å². The number of halogens is 1. The van der Waals surface area contributed by atoms with E-state index < -0.39 is 0 Å². The van der Waals surface area contributed by atoms with Crippen molar-refractivity contribution in [2.75, 3.05) is 13.2 Å². The SMILES string of the molecule is C=CCOc1ccc(CNCC2CCCC2O)cc1Cl. The highest BCUT2D eigenvalue weighted by Gasteiger charge is 2.24. The van der Waals surface area contributed by atoms with E-state index in [1.807, 2.05) is 18.2 Å². The molecular formula is C16H22ClNO2. The number of hydrogen-bond donors (Lipinski definition) is 2. The van der Waals surface area contributed by atoms with E-state index in [2.05, 4.69) is 11.9 Å². The molecule has 110 valence electrons. The molecule has 20 heavy (non-hydrogen) atoms. The molecule has 0 spiro atoms. The summed E-state index contributed by atoms with van der Waals surface area (Å²) in [4.78, 5) is 0. The van der Waals surface area contributed by atoms with Crippen molar-refractivity contribution in [3.63, 3.8) is 0 Å². The Morgan fingerprint density at radius 1 is 1.45 bits per heavy atom. The van der Waals surface area contributed by atoms with Crippen molar-refractivity contribution in [1.29, 1.82) is 0 Å². The Morgan fingerprint density at radius 2 is 2.30 bits per heavy atom. The molecule has 1 aliphatic rings. The van der Waals surface area contributed by atoms with Crippen molar-refractivity contribution in [3.8, 4) is 5.75 Å². The maximum Gasteiger partial charge on any atom is 0.138 e. The van der Waals surface area contributed by atoms with Crippen LogP contribution in [0.3, 0.4) is 0 Å². The van der Waals surface area contributed by atoms with Gasteiger partial charge in [-0.15, -0.1) is 0 Å². The third-order valence-corrected chi connectivity index (χ3v) is 4.00. The third kappa shape index (κ3) is 4.23. The van der Waals surface area contributed by atoms with Crippen LogP contribution in [0.2, 0.25) is 5.02 Å². The van der Waals surface area contributed by atoms with Gasteiger partial charge < -0.3 is 15.2 Å². The van der Waals surface area contributed by atoms with Gasteiger partial charge in [0.1, 0.15) is 12.4 Å². The van der Waals surface area contributed by atoms with E-state index in [9.17, 15) is 5.11 Å². The predicted octanol–water partition coefficient (Wildman–Crippen LogP) is 3.16. The van der Waals surface area contributed by atoms with E-state index in [0.717, 1.165) is 37.9 Å². The van der Waals surface area contributed by atoms with Crippen molar-refractivity contribution >= 4 is 11.6 Å². The van der Waals surface area contributed by atoms with Gasteiger partial charge in [-0.3, -0.25) is 0 Å². The summed E-state index contributed by atoms with van der Waals surface area (Å²) in [5, 5.41) is 13.8. The van der Waals surface area contributed by atoms with E-state index in [-0.39, 0.29) is 6.10 Å². The zero-order chi connectivity index (χ0) is 14.4. The van der Waals surface area contributed by atoms with Gasteiger partial charge in [0.2, 0.25) is 0 Å². The fourth-order valence-corrected chi connectivity index (χ4v) is 2.84. The highest BCUT2D eigenvalue weighted by atomic mass is 35.5. The maximum atomic E-state index is 9.76. The van der Waals surface area contributed by atoms with Crippen LogP contribution in [0.1, 0.15) is 24.8 Å². The van der Waals surface area contributed by atoms with Crippen LogP contribution >= 0.6 is 11.6 Å². The molecule has 0 heterocycles. The average molecular weight is 296 g/mol. The van der Waals surface area contributed by atoms with Gasteiger partial charge in [0, 0.05) is 13.1 Å². The molecule has 2 N–H and O–H groups in total. The summed E-state index contributed by atoms with van der Waals surface area (Å²) in [6.07, 6.45) is 4.74. The minimum Gasteiger partial charge on any atom is -0.488 e. The first-order valence-electron chi connectivity index (χ1n) is 7.11. The number of nitrogens with one attached hydrogen (secondary N) is 1. The van der Waals surface area contributed by atoms with Crippen LogP contribution in [-0.2, 0) is 6.54 Å². The largest absolute Gasteiger partial charge is 0.488 e. The first kappa shape index (κ1) is 15.4. The number of aliphatic hydroxyl groups is 1. The van der Waals surface area contributed by atoms with Crippen molar-refractivity contribution in [2.45, 2.75) is 31.9 Å². The topological polar surface area (TPSA) is 41.5 Å². The molecule has 0 saturated heterocycles. The van der Waals surface area contributed by atoms with Crippen molar-refractivity contribution < 1.29 is 9.84 Å². The second-order valence-electron chi connectivity index (χ2n) is 5.25. The van der Waals surface area contributed by atoms with E-state index >= 15 is 0 Å². The summed E-state index contributed by atoms with van der Waals surface area (Å²) in [5.41, 5.74) is 1.12. The van der Waals surface area contributed by atoms with Crippen LogP contribution in [0.25, 0.3) is 0 Å². The first-order chi connectivity index (χ1) is 9.70. The fraction of sp³-hybridized carbons (Fsp3) is 0.500. The monoisotopic (exact) mass is 295 g/mol. The van der Waals surface area contributed by atoms with Crippen LogP contribution in [0.5, 0.6) is 5.75 Å². The Bertz CT molecular complexity index is 450. The molecule has 2 atom stereocenters. The molecule has 1 saturated carbocycles. The summed E-state index contributed by atoms with van der Waals surface area (Å²) < 4.78 is 5.44. The minimum absolute atomic E-state index is 0.138. The van der Waals surface area contributed by atoms with E-state index in [4.69, 9.17) is 16.3 Å². The zero-order valence-corrected chi connectivity index (χ0v) is 12.4. The van der Waals surface area contributed by atoms with E-state index in [1.165, 1.54) is 0 Å². The Morgan fingerprint density at radius 3 is 2.95 bits per heavy atom. The quantitative estimate of drug-likeness (QED) is 0.759. The Kier molecular flexibility index (Phi) is 5.89. The van der Waals surface area contributed by atoms with Crippen LogP contribution in [0, 0.1) is 5.92 Å². The second kappa shape index (κ2) is 7.67. The number of rotatable bonds is 7. The van der Waals surface area contributed by atoms with E-state index in [1.54, 1.807) is 6.08 Å². The van der Waals surface area contributed by atoms with Crippen molar-refractivity contribution in [1.82, 2.24) is 5.32 Å². The molecule has 2 unspecified atom stereocenters. The highest BCUT2D eigenvalue weighted by molar-refractivity contribution is 6.32. The summed E-state index contributed by atoms with van der Waals surface area (Å²) >= 11 is 6.17. The van der Waals surface area contributed by atoms with Gasteiger partial charge in [-0.1, -0.05) is 36.7 Å². The molecule has 0 amide bonds. The van der Waals surface area contributed by atoms with Crippen molar-refractivity contribution in [3.05, 3.63) is 41.4 Å². The summed E-state index contributed by atoms with van der Waals surface area (Å²) in [6.45, 7) is 5.67. The van der Waals surface area contributed by atoms with Crippen LogP contribution in [-0.4, -0.2) is 24.4 Å². The number of hydrogen-bond acceptors (Lipinski definition) is 3. The molecule has 1 fully saturated rings. The highest BCUT2D eigenvalue weighted by Crippen LogP contribution is 2.26. The molecular weight excluding hydrogens is 274 g/mol. The van der Waals surface area contributed by atoms with Gasteiger partial charge in [0.25, 0.3) is 0 Å². The van der Waals surface area contributed by atoms with E-state index in [0.29, 0.717) is 23.3 Å². The maximum absolute atomic E-state index is 9.76. The Labute approximate surface area is 125 Å². The summed E-state index contributed by atoms with van der Waals surface area (Å²) in [6, 6.07) is 5.80. The lowest BCUT2D eigenvalue weighted by Crippen LogP contribution is -2.27.